The lowest BCUT2D eigenvalue weighted by Gasteiger charge is -2.14. The minimum Gasteiger partial charge on any atom is -0.342 e. The van der Waals surface area contributed by atoms with E-state index in [1.165, 1.54) is 5.57 Å². The van der Waals surface area contributed by atoms with Crippen LogP contribution < -0.4 is 0 Å². The van der Waals surface area contributed by atoms with Gasteiger partial charge in [-0.2, -0.15) is 0 Å². The summed E-state index contributed by atoms with van der Waals surface area (Å²) in [7, 11) is 0. The highest BCUT2D eigenvalue weighted by molar-refractivity contribution is 5.90. The van der Waals surface area contributed by atoms with Crippen LogP contribution >= 0.6 is 0 Å². The molecule has 0 aromatic rings. The van der Waals surface area contributed by atoms with Gasteiger partial charge in [-0.05, 0) is 32.3 Å². The summed E-state index contributed by atoms with van der Waals surface area (Å²) in [5.74, 6) is 0.617. The molecule has 0 aliphatic carbocycles. The van der Waals surface area contributed by atoms with E-state index in [1.54, 1.807) is 13.8 Å². The normalized spacial score (nSPS) is 22.6. The highest BCUT2D eigenvalue weighted by Gasteiger charge is 2.24. The monoisotopic (exact) mass is 194 g/mol. The molecule has 0 aromatic carbocycles. The third-order valence-electron chi connectivity index (χ3n) is 2.72. The Morgan fingerprint density at radius 1 is 1.43 bits per heavy atom. The molecular formula is C11H18N2O. The fourth-order valence-corrected chi connectivity index (χ4v) is 1.88. The van der Waals surface area contributed by atoms with E-state index in [4.69, 9.17) is 5.41 Å². The summed E-state index contributed by atoms with van der Waals surface area (Å²) in [6.07, 6.45) is 2.93. The number of hydrogen-bond acceptors (Lipinski definition) is 2. The Hall–Kier alpha value is -1.12. The van der Waals surface area contributed by atoms with Crippen molar-refractivity contribution in [1.82, 2.24) is 4.90 Å². The Labute approximate surface area is 85.3 Å². The van der Waals surface area contributed by atoms with Crippen LogP contribution in [-0.2, 0) is 4.79 Å². The van der Waals surface area contributed by atoms with Gasteiger partial charge in [0.1, 0.15) is 0 Å². The van der Waals surface area contributed by atoms with Crippen molar-refractivity contribution in [2.75, 3.05) is 13.1 Å². The maximum atomic E-state index is 11.1. The number of nitrogens with zero attached hydrogens (tertiary/aromatic N) is 1. The molecule has 1 aliphatic rings. The zero-order chi connectivity index (χ0) is 10.7. The van der Waals surface area contributed by atoms with E-state index in [0.717, 1.165) is 19.5 Å². The van der Waals surface area contributed by atoms with Crippen molar-refractivity contribution in [3.8, 4) is 0 Å². The van der Waals surface area contributed by atoms with Crippen LogP contribution in [0.15, 0.2) is 11.6 Å². The molecule has 0 bridgehead atoms. The maximum absolute atomic E-state index is 11.1. The lowest BCUT2D eigenvalue weighted by Crippen LogP contribution is -2.25. The highest BCUT2D eigenvalue weighted by atomic mass is 16.2. The van der Waals surface area contributed by atoms with Gasteiger partial charge in [0.15, 0.2) is 0 Å². The summed E-state index contributed by atoms with van der Waals surface area (Å²) in [6, 6.07) is 0. The first-order chi connectivity index (χ1) is 6.50. The largest absolute Gasteiger partial charge is 0.342 e. The van der Waals surface area contributed by atoms with Gasteiger partial charge >= 0.3 is 0 Å². The van der Waals surface area contributed by atoms with Crippen LogP contribution in [0.2, 0.25) is 0 Å². The predicted octanol–water partition coefficient (Wildman–Crippen LogP) is 1.84. The molecule has 78 valence electrons. The highest BCUT2D eigenvalue weighted by Crippen LogP contribution is 2.23. The van der Waals surface area contributed by atoms with E-state index >= 15 is 0 Å². The van der Waals surface area contributed by atoms with E-state index in [1.807, 2.05) is 17.9 Å². The second-order valence-corrected chi connectivity index (χ2v) is 4.02. The van der Waals surface area contributed by atoms with E-state index in [-0.39, 0.29) is 5.91 Å². The van der Waals surface area contributed by atoms with Crippen molar-refractivity contribution < 1.29 is 4.79 Å². The van der Waals surface area contributed by atoms with Crippen LogP contribution in [0, 0.1) is 11.3 Å². The molecule has 1 heterocycles. The fraction of sp³-hybridized carbons (Fsp3) is 0.636. The topological polar surface area (TPSA) is 44.2 Å². The van der Waals surface area contributed by atoms with Crippen LogP contribution in [-0.4, -0.2) is 29.6 Å². The molecule has 1 amide bonds. The summed E-state index contributed by atoms with van der Waals surface area (Å²) in [5.41, 5.74) is 1.81. The first kappa shape index (κ1) is 11.0. The SMILES string of the molecule is CC(=N)/C=C(\C)C1CCN(C(C)=O)C1. The van der Waals surface area contributed by atoms with E-state index < -0.39 is 0 Å². The van der Waals surface area contributed by atoms with Crippen molar-refractivity contribution in [3.63, 3.8) is 0 Å². The van der Waals surface area contributed by atoms with E-state index in [9.17, 15) is 4.79 Å². The molecule has 1 rings (SSSR count). The molecule has 0 saturated carbocycles. The van der Waals surface area contributed by atoms with Gasteiger partial charge < -0.3 is 10.3 Å². The van der Waals surface area contributed by atoms with E-state index in [0.29, 0.717) is 11.6 Å². The molecule has 1 unspecified atom stereocenters. The molecule has 0 spiro atoms. The van der Waals surface area contributed by atoms with Crippen molar-refractivity contribution >= 4 is 11.6 Å². The second kappa shape index (κ2) is 4.40. The number of rotatable bonds is 2. The first-order valence-electron chi connectivity index (χ1n) is 4.99. The average Bonchev–Trinajstić information content (AvgIpc) is 2.50. The zero-order valence-corrected chi connectivity index (χ0v) is 9.13. The van der Waals surface area contributed by atoms with Gasteiger partial charge in [-0.25, -0.2) is 0 Å². The average molecular weight is 194 g/mol. The fourth-order valence-electron chi connectivity index (χ4n) is 1.88. The molecule has 1 aliphatic heterocycles. The number of likely N-dealkylation sites (tertiary alicyclic amines) is 1. The van der Waals surface area contributed by atoms with Crippen molar-refractivity contribution in [2.45, 2.75) is 27.2 Å². The summed E-state index contributed by atoms with van der Waals surface area (Å²) >= 11 is 0. The van der Waals surface area contributed by atoms with Crippen molar-refractivity contribution in [2.24, 2.45) is 5.92 Å². The van der Waals surface area contributed by atoms with Gasteiger partial charge in [-0.15, -0.1) is 0 Å². The maximum Gasteiger partial charge on any atom is 0.219 e. The van der Waals surface area contributed by atoms with Gasteiger partial charge in [0.25, 0.3) is 0 Å². The molecule has 14 heavy (non-hydrogen) atoms. The summed E-state index contributed by atoms with van der Waals surface area (Å²) in [4.78, 5) is 13.0. The number of carbonyl (C=O) groups excluding carboxylic acids is 1. The minimum absolute atomic E-state index is 0.159. The molecule has 3 nitrogen and oxygen atoms in total. The predicted molar refractivity (Wildman–Crippen MR) is 57.5 cm³/mol. The number of amides is 1. The van der Waals surface area contributed by atoms with Crippen molar-refractivity contribution in [1.29, 1.82) is 5.41 Å². The van der Waals surface area contributed by atoms with Crippen LogP contribution in [0.3, 0.4) is 0 Å². The molecule has 1 fully saturated rings. The third-order valence-corrected chi connectivity index (χ3v) is 2.72. The minimum atomic E-state index is 0.159. The van der Waals surface area contributed by atoms with Crippen LogP contribution in [0.5, 0.6) is 0 Å². The second-order valence-electron chi connectivity index (χ2n) is 4.02. The number of allylic oxidation sites excluding steroid dienone is 1. The summed E-state index contributed by atoms with van der Waals surface area (Å²) in [6.45, 7) is 7.13. The lowest BCUT2D eigenvalue weighted by molar-refractivity contribution is -0.127. The third kappa shape index (κ3) is 2.69. The molecule has 0 aromatic heterocycles. The Morgan fingerprint density at radius 3 is 2.50 bits per heavy atom. The Bertz CT molecular complexity index is 281. The van der Waals surface area contributed by atoms with Gasteiger partial charge in [0.05, 0.1) is 0 Å². The van der Waals surface area contributed by atoms with E-state index in [2.05, 4.69) is 0 Å². The number of carbonyl (C=O) groups is 1. The number of hydrogen-bond donors (Lipinski definition) is 1. The summed E-state index contributed by atoms with van der Waals surface area (Å²) in [5, 5.41) is 7.37. The van der Waals surface area contributed by atoms with Gasteiger partial charge in [0, 0.05) is 25.7 Å². The Kier molecular flexibility index (Phi) is 3.44. The Morgan fingerprint density at radius 2 is 2.07 bits per heavy atom. The number of nitrogens with one attached hydrogen (secondary N) is 1. The molecular weight excluding hydrogens is 176 g/mol. The summed E-state index contributed by atoms with van der Waals surface area (Å²) < 4.78 is 0. The molecule has 3 heteroatoms. The molecule has 0 radical (unpaired) electrons. The zero-order valence-electron chi connectivity index (χ0n) is 9.13. The van der Waals surface area contributed by atoms with Crippen molar-refractivity contribution in [3.05, 3.63) is 11.6 Å². The quantitative estimate of drug-likeness (QED) is 0.670. The van der Waals surface area contributed by atoms with Gasteiger partial charge in [0.2, 0.25) is 5.91 Å². The molecule has 1 atom stereocenters. The van der Waals surface area contributed by atoms with Crippen LogP contribution in [0.25, 0.3) is 0 Å². The standard InChI is InChI=1S/C11H18N2O/c1-8(6-9(2)12)11-4-5-13(7-11)10(3)14/h6,11-12H,4-5,7H2,1-3H3/b8-6+,12-9?. The van der Waals surface area contributed by atoms with Crippen LogP contribution in [0.1, 0.15) is 27.2 Å². The molecule has 1 saturated heterocycles. The van der Waals surface area contributed by atoms with Gasteiger partial charge in [-0.1, -0.05) is 5.57 Å². The van der Waals surface area contributed by atoms with Gasteiger partial charge in [-0.3, -0.25) is 4.79 Å². The molecule has 1 N–H and O–H groups in total. The Balaban J connectivity index is 2.58. The smallest absolute Gasteiger partial charge is 0.219 e. The van der Waals surface area contributed by atoms with Crippen LogP contribution in [0.4, 0.5) is 0 Å². The lowest BCUT2D eigenvalue weighted by atomic mass is 9.99. The first-order valence-corrected chi connectivity index (χ1v) is 4.99.